The lowest BCUT2D eigenvalue weighted by Crippen LogP contribution is -2.15. The van der Waals surface area contributed by atoms with E-state index in [1.165, 1.54) is 12.3 Å². The third-order valence-corrected chi connectivity index (χ3v) is 3.02. The van der Waals surface area contributed by atoms with E-state index in [1.54, 1.807) is 13.0 Å². The van der Waals surface area contributed by atoms with Crippen LogP contribution in [0.4, 0.5) is 8.78 Å². The smallest absolute Gasteiger partial charge is 0.230 e. The summed E-state index contributed by atoms with van der Waals surface area (Å²) in [6.07, 6.45) is 1.43. The largest absolute Gasteiger partial charge is 0.435 e. The van der Waals surface area contributed by atoms with Crippen LogP contribution in [0, 0.1) is 24.0 Å². The molecule has 7 heteroatoms. The Kier molecular flexibility index (Phi) is 3.99. The first kappa shape index (κ1) is 14.4. The minimum atomic E-state index is -1.13. The second-order valence-electron chi connectivity index (χ2n) is 4.02. The molecule has 0 aliphatic carbocycles. The zero-order valence-corrected chi connectivity index (χ0v) is 12.0. The summed E-state index contributed by atoms with van der Waals surface area (Å²) in [5, 5.41) is 7.50. The number of hydrogen-bond acceptors (Lipinski definition) is 3. The van der Waals surface area contributed by atoms with Crippen LogP contribution in [0.2, 0.25) is 0 Å². The summed E-state index contributed by atoms with van der Waals surface area (Å²) in [6.45, 7) is 1.71. The van der Waals surface area contributed by atoms with Crippen molar-refractivity contribution in [1.29, 1.82) is 5.41 Å². The maximum Gasteiger partial charge on any atom is 0.230 e. The molecule has 104 valence electrons. The third kappa shape index (κ3) is 2.77. The molecule has 0 saturated heterocycles. The molecule has 0 unspecified atom stereocenters. The summed E-state index contributed by atoms with van der Waals surface area (Å²) < 4.78 is 32.6. The fourth-order valence-corrected chi connectivity index (χ4v) is 2.06. The number of nitrogens with zero attached hydrogens (tertiary/aromatic N) is 1. The predicted octanol–water partition coefficient (Wildman–Crippen LogP) is 3.51. The molecule has 4 nitrogen and oxygen atoms in total. The van der Waals surface area contributed by atoms with Gasteiger partial charge in [-0.2, -0.15) is 4.39 Å². The van der Waals surface area contributed by atoms with Crippen molar-refractivity contribution in [2.24, 2.45) is 5.73 Å². The van der Waals surface area contributed by atoms with Crippen molar-refractivity contribution in [3.8, 4) is 11.6 Å². The summed E-state index contributed by atoms with van der Waals surface area (Å²) in [6, 6.07) is 3.89. The van der Waals surface area contributed by atoms with Gasteiger partial charge >= 0.3 is 0 Å². The van der Waals surface area contributed by atoms with Crippen molar-refractivity contribution in [1.82, 2.24) is 4.98 Å². The van der Waals surface area contributed by atoms with Crippen LogP contribution in [0.15, 0.2) is 28.9 Å². The van der Waals surface area contributed by atoms with Crippen molar-refractivity contribution in [2.45, 2.75) is 6.92 Å². The highest BCUT2D eigenvalue weighted by Crippen LogP contribution is 2.30. The minimum absolute atomic E-state index is 0.0473. The maximum absolute atomic E-state index is 13.7. The van der Waals surface area contributed by atoms with E-state index in [0.29, 0.717) is 10.0 Å². The lowest BCUT2D eigenvalue weighted by Gasteiger charge is -2.12. The van der Waals surface area contributed by atoms with Gasteiger partial charge in [0.15, 0.2) is 11.6 Å². The van der Waals surface area contributed by atoms with Crippen molar-refractivity contribution in [3.05, 3.63) is 51.6 Å². The Balaban J connectivity index is 2.51. The van der Waals surface area contributed by atoms with Crippen LogP contribution in [0.5, 0.6) is 11.6 Å². The normalized spacial score (nSPS) is 10.4. The molecule has 0 bridgehead atoms. The van der Waals surface area contributed by atoms with Crippen LogP contribution in [-0.2, 0) is 0 Å². The number of rotatable bonds is 3. The summed E-state index contributed by atoms with van der Waals surface area (Å²) in [5.41, 5.74) is 6.35. The van der Waals surface area contributed by atoms with Gasteiger partial charge in [-0.25, -0.2) is 9.37 Å². The van der Waals surface area contributed by atoms with Gasteiger partial charge in [-0.1, -0.05) is 15.9 Å². The van der Waals surface area contributed by atoms with E-state index in [1.807, 2.05) is 0 Å². The maximum atomic E-state index is 13.7. The van der Waals surface area contributed by atoms with E-state index in [9.17, 15) is 8.78 Å². The van der Waals surface area contributed by atoms with Crippen LogP contribution in [0.1, 0.15) is 11.1 Å². The number of nitrogen functional groups attached to an aromatic ring is 1. The standard InChI is InChI=1S/C13H10BrF2N3O/c1-6-2-3-19-13(10(6)12(17)18)20-9-5-7(14)4-8(15)11(9)16/h2-5H,1H3,(H3,17,18). The highest BCUT2D eigenvalue weighted by Gasteiger charge is 2.17. The lowest BCUT2D eigenvalue weighted by molar-refractivity contribution is 0.404. The first-order chi connectivity index (χ1) is 9.40. The molecule has 1 aromatic carbocycles. The summed E-state index contributed by atoms with van der Waals surface area (Å²) >= 11 is 3.05. The first-order valence-corrected chi connectivity index (χ1v) is 6.32. The highest BCUT2D eigenvalue weighted by atomic mass is 79.9. The summed E-state index contributed by atoms with van der Waals surface area (Å²) in [4.78, 5) is 3.91. The Hall–Kier alpha value is -2.02. The molecular weight excluding hydrogens is 332 g/mol. The molecule has 1 aromatic heterocycles. The average molecular weight is 342 g/mol. The van der Waals surface area contributed by atoms with Crippen molar-refractivity contribution >= 4 is 21.8 Å². The Morgan fingerprint density at radius 1 is 1.40 bits per heavy atom. The number of nitrogens with two attached hydrogens (primary N) is 1. The summed E-state index contributed by atoms with van der Waals surface area (Å²) in [5.74, 6) is -2.83. The van der Waals surface area contributed by atoms with Gasteiger partial charge in [-0.15, -0.1) is 0 Å². The van der Waals surface area contributed by atoms with E-state index in [-0.39, 0.29) is 23.0 Å². The second kappa shape index (κ2) is 5.54. The average Bonchev–Trinajstić information content (AvgIpc) is 2.35. The van der Waals surface area contributed by atoms with Crippen molar-refractivity contribution in [3.63, 3.8) is 0 Å². The number of ether oxygens (including phenoxy) is 1. The molecule has 3 N–H and O–H groups in total. The number of aromatic nitrogens is 1. The predicted molar refractivity (Wildman–Crippen MR) is 74.1 cm³/mol. The quantitative estimate of drug-likeness (QED) is 0.509. The molecule has 0 radical (unpaired) electrons. The third-order valence-electron chi connectivity index (χ3n) is 2.56. The van der Waals surface area contributed by atoms with Crippen LogP contribution in [0.3, 0.4) is 0 Å². The fourth-order valence-electron chi connectivity index (χ4n) is 1.65. The molecule has 1 heterocycles. The monoisotopic (exact) mass is 341 g/mol. The zero-order valence-electron chi connectivity index (χ0n) is 10.4. The van der Waals surface area contributed by atoms with E-state index in [2.05, 4.69) is 20.9 Å². The number of hydrogen-bond donors (Lipinski definition) is 2. The van der Waals surface area contributed by atoms with Gasteiger partial charge in [-0.05, 0) is 30.7 Å². The Bertz CT molecular complexity index is 692. The number of benzene rings is 1. The molecule has 0 spiro atoms. The molecule has 2 rings (SSSR count). The second-order valence-corrected chi connectivity index (χ2v) is 4.94. The molecule has 20 heavy (non-hydrogen) atoms. The Morgan fingerprint density at radius 3 is 2.75 bits per heavy atom. The molecule has 0 fully saturated rings. The van der Waals surface area contributed by atoms with Gasteiger partial charge in [0.2, 0.25) is 11.7 Å². The van der Waals surface area contributed by atoms with E-state index >= 15 is 0 Å². The highest BCUT2D eigenvalue weighted by molar-refractivity contribution is 9.10. The van der Waals surface area contributed by atoms with Gasteiger partial charge in [0, 0.05) is 10.7 Å². The van der Waals surface area contributed by atoms with Gasteiger partial charge in [0.1, 0.15) is 5.84 Å². The first-order valence-electron chi connectivity index (χ1n) is 5.52. The molecule has 0 aliphatic heterocycles. The number of pyridine rings is 1. The number of aryl methyl sites for hydroxylation is 1. The fraction of sp³-hybridized carbons (Fsp3) is 0.0769. The van der Waals surface area contributed by atoms with Crippen LogP contribution in [-0.4, -0.2) is 10.8 Å². The van der Waals surface area contributed by atoms with Gasteiger partial charge in [0.05, 0.1) is 5.56 Å². The topological polar surface area (TPSA) is 72.0 Å². The minimum Gasteiger partial charge on any atom is -0.435 e. The van der Waals surface area contributed by atoms with Gasteiger partial charge in [0.25, 0.3) is 0 Å². The van der Waals surface area contributed by atoms with Crippen molar-refractivity contribution < 1.29 is 13.5 Å². The molecular formula is C13H10BrF2N3O. The number of halogens is 3. The van der Waals surface area contributed by atoms with E-state index in [4.69, 9.17) is 15.9 Å². The van der Waals surface area contributed by atoms with Gasteiger partial charge in [-0.3, -0.25) is 5.41 Å². The molecule has 0 aliphatic rings. The van der Waals surface area contributed by atoms with E-state index in [0.717, 1.165) is 6.07 Å². The van der Waals surface area contributed by atoms with E-state index < -0.39 is 11.6 Å². The lowest BCUT2D eigenvalue weighted by atomic mass is 10.1. The number of nitrogens with one attached hydrogen (secondary N) is 1. The molecule has 0 saturated carbocycles. The Labute approximate surface area is 122 Å². The molecule has 2 aromatic rings. The van der Waals surface area contributed by atoms with Crippen LogP contribution >= 0.6 is 15.9 Å². The SMILES string of the molecule is Cc1ccnc(Oc2cc(Br)cc(F)c2F)c1C(=N)N. The number of amidine groups is 1. The van der Waals surface area contributed by atoms with Crippen molar-refractivity contribution in [2.75, 3.05) is 0 Å². The Morgan fingerprint density at radius 2 is 2.10 bits per heavy atom. The zero-order chi connectivity index (χ0) is 14.9. The van der Waals surface area contributed by atoms with Gasteiger partial charge < -0.3 is 10.5 Å². The van der Waals surface area contributed by atoms with Crippen LogP contribution in [0.25, 0.3) is 0 Å². The summed E-state index contributed by atoms with van der Waals surface area (Å²) in [7, 11) is 0. The molecule has 0 amide bonds. The van der Waals surface area contributed by atoms with Crippen LogP contribution < -0.4 is 10.5 Å². The molecule has 0 atom stereocenters.